The summed E-state index contributed by atoms with van der Waals surface area (Å²) in [5.74, 6) is -0.105. The van der Waals surface area contributed by atoms with Gasteiger partial charge in [0.2, 0.25) is 5.91 Å². The lowest BCUT2D eigenvalue weighted by Crippen LogP contribution is -2.32. The number of nitrogens with zero attached hydrogens (tertiary/aromatic N) is 3. The maximum absolute atomic E-state index is 12.8. The van der Waals surface area contributed by atoms with Gasteiger partial charge in [0.25, 0.3) is 0 Å². The van der Waals surface area contributed by atoms with E-state index in [0.717, 1.165) is 0 Å². The van der Waals surface area contributed by atoms with Crippen molar-refractivity contribution in [1.82, 2.24) is 4.98 Å². The topological polar surface area (TPSA) is 71.9 Å². The average Bonchev–Trinajstić information content (AvgIpc) is 2.91. The standard InChI is InChI=1S/C17H15N3O3S/c1-23-15(21)11-13-16(22)20(12-7-3-2-4-8-12)17(24-13)19-14-9-5-6-10-18-14/h2-10,13H,11H2,1H3/t13-/m1/s1. The largest absolute Gasteiger partial charge is 0.469 e. The lowest BCUT2D eigenvalue weighted by Gasteiger charge is -2.16. The van der Waals surface area contributed by atoms with Gasteiger partial charge in [-0.3, -0.25) is 14.5 Å². The van der Waals surface area contributed by atoms with E-state index in [0.29, 0.717) is 16.7 Å². The molecule has 1 aromatic carbocycles. The minimum absolute atomic E-state index is 0.00454. The van der Waals surface area contributed by atoms with Crippen LogP contribution in [0.1, 0.15) is 6.42 Å². The number of carbonyl (C=O) groups excluding carboxylic acids is 2. The Morgan fingerprint density at radius 3 is 2.67 bits per heavy atom. The number of esters is 1. The zero-order valence-corrected chi connectivity index (χ0v) is 13.8. The predicted octanol–water partition coefficient (Wildman–Crippen LogP) is 2.78. The molecule has 2 aromatic rings. The molecule has 122 valence electrons. The number of ether oxygens (including phenoxy) is 1. The van der Waals surface area contributed by atoms with E-state index >= 15 is 0 Å². The zero-order valence-electron chi connectivity index (χ0n) is 13.0. The van der Waals surface area contributed by atoms with E-state index in [1.165, 1.54) is 23.8 Å². The van der Waals surface area contributed by atoms with Crippen LogP contribution >= 0.6 is 11.8 Å². The number of aliphatic imine (C=N–C) groups is 1. The first-order valence-electron chi connectivity index (χ1n) is 7.31. The summed E-state index contributed by atoms with van der Waals surface area (Å²) in [4.78, 5) is 34.5. The van der Waals surface area contributed by atoms with Gasteiger partial charge in [-0.1, -0.05) is 36.0 Å². The molecule has 1 saturated heterocycles. The van der Waals surface area contributed by atoms with Crippen molar-refractivity contribution < 1.29 is 14.3 Å². The number of rotatable bonds is 4. The van der Waals surface area contributed by atoms with Crippen molar-refractivity contribution in [2.24, 2.45) is 4.99 Å². The van der Waals surface area contributed by atoms with Gasteiger partial charge in [-0.15, -0.1) is 0 Å². The Bertz CT molecular complexity index is 765. The fourth-order valence-corrected chi connectivity index (χ4v) is 3.37. The summed E-state index contributed by atoms with van der Waals surface area (Å²) in [6, 6.07) is 14.6. The predicted molar refractivity (Wildman–Crippen MR) is 93.3 cm³/mol. The molecule has 0 N–H and O–H groups in total. The van der Waals surface area contributed by atoms with Crippen LogP contribution in [0.2, 0.25) is 0 Å². The molecule has 7 heteroatoms. The number of methoxy groups -OCH3 is 1. The Labute approximate surface area is 143 Å². The Morgan fingerprint density at radius 1 is 1.25 bits per heavy atom. The van der Waals surface area contributed by atoms with Crippen molar-refractivity contribution in [2.45, 2.75) is 11.7 Å². The molecule has 1 atom stereocenters. The number of hydrogen-bond donors (Lipinski definition) is 0. The van der Waals surface area contributed by atoms with Gasteiger partial charge >= 0.3 is 5.97 Å². The summed E-state index contributed by atoms with van der Waals surface area (Å²) >= 11 is 1.25. The molecule has 2 heterocycles. The van der Waals surface area contributed by atoms with E-state index in [-0.39, 0.29) is 12.3 Å². The number of anilines is 1. The molecule has 1 aliphatic rings. The molecule has 0 aliphatic carbocycles. The third-order valence-corrected chi connectivity index (χ3v) is 4.53. The molecule has 1 amide bonds. The molecule has 3 rings (SSSR count). The lowest BCUT2D eigenvalue weighted by atomic mass is 10.2. The highest BCUT2D eigenvalue weighted by Gasteiger charge is 2.40. The van der Waals surface area contributed by atoms with Gasteiger partial charge in [-0.25, -0.2) is 9.98 Å². The third-order valence-electron chi connectivity index (χ3n) is 3.39. The third kappa shape index (κ3) is 3.46. The maximum atomic E-state index is 12.8. The van der Waals surface area contributed by atoms with Crippen LogP contribution in [-0.4, -0.2) is 34.4 Å². The van der Waals surface area contributed by atoms with Crippen LogP contribution in [0.5, 0.6) is 0 Å². The van der Waals surface area contributed by atoms with Crippen molar-refractivity contribution >= 4 is 40.3 Å². The molecule has 0 radical (unpaired) electrons. The van der Waals surface area contributed by atoms with Crippen molar-refractivity contribution in [3.05, 3.63) is 54.7 Å². The number of para-hydroxylation sites is 1. The van der Waals surface area contributed by atoms with E-state index in [2.05, 4.69) is 14.7 Å². The molecule has 1 fully saturated rings. The maximum Gasteiger partial charge on any atom is 0.307 e. The molecule has 0 spiro atoms. The number of benzene rings is 1. The van der Waals surface area contributed by atoms with Crippen LogP contribution in [0.4, 0.5) is 11.5 Å². The molecular formula is C17H15N3O3S. The van der Waals surface area contributed by atoms with E-state index in [1.807, 2.05) is 36.4 Å². The number of amidine groups is 1. The number of carbonyl (C=O) groups is 2. The van der Waals surface area contributed by atoms with Crippen molar-refractivity contribution in [3.63, 3.8) is 0 Å². The number of aromatic nitrogens is 1. The van der Waals surface area contributed by atoms with Crippen LogP contribution in [0.3, 0.4) is 0 Å². The summed E-state index contributed by atoms with van der Waals surface area (Å²) in [6.45, 7) is 0. The molecule has 6 nitrogen and oxygen atoms in total. The fourth-order valence-electron chi connectivity index (χ4n) is 2.24. The SMILES string of the molecule is COC(=O)C[C@H]1SC(=Nc2ccccn2)N(c2ccccc2)C1=O. The van der Waals surface area contributed by atoms with Crippen LogP contribution < -0.4 is 4.90 Å². The number of thioether (sulfide) groups is 1. The highest BCUT2D eigenvalue weighted by atomic mass is 32.2. The van der Waals surface area contributed by atoms with Gasteiger partial charge in [-0.05, 0) is 24.3 Å². The van der Waals surface area contributed by atoms with Crippen molar-refractivity contribution in [2.75, 3.05) is 12.0 Å². The second-order valence-electron chi connectivity index (χ2n) is 4.98. The molecular weight excluding hydrogens is 326 g/mol. The summed E-state index contributed by atoms with van der Waals surface area (Å²) in [6.07, 6.45) is 1.64. The smallest absolute Gasteiger partial charge is 0.307 e. The van der Waals surface area contributed by atoms with Gasteiger partial charge in [0.05, 0.1) is 19.2 Å². The van der Waals surface area contributed by atoms with E-state index < -0.39 is 11.2 Å². The van der Waals surface area contributed by atoms with Crippen LogP contribution in [0.15, 0.2) is 59.7 Å². The number of pyridine rings is 1. The zero-order chi connectivity index (χ0) is 16.9. The van der Waals surface area contributed by atoms with E-state index in [1.54, 1.807) is 18.3 Å². The minimum Gasteiger partial charge on any atom is -0.469 e. The van der Waals surface area contributed by atoms with Gasteiger partial charge in [-0.2, -0.15) is 0 Å². The van der Waals surface area contributed by atoms with Crippen LogP contribution in [0, 0.1) is 0 Å². The number of hydrogen-bond acceptors (Lipinski definition) is 6. The Kier molecular flexibility index (Phi) is 4.90. The molecule has 0 bridgehead atoms. The summed E-state index contributed by atoms with van der Waals surface area (Å²) < 4.78 is 4.68. The second kappa shape index (κ2) is 7.27. The molecule has 1 aromatic heterocycles. The van der Waals surface area contributed by atoms with Crippen LogP contribution in [-0.2, 0) is 14.3 Å². The number of amides is 1. The summed E-state index contributed by atoms with van der Waals surface area (Å²) in [7, 11) is 1.31. The Hall–Kier alpha value is -2.67. The normalized spacial score (nSPS) is 18.9. The molecule has 0 saturated carbocycles. The molecule has 1 aliphatic heterocycles. The monoisotopic (exact) mass is 341 g/mol. The highest BCUT2D eigenvalue weighted by molar-refractivity contribution is 8.16. The first kappa shape index (κ1) is 16.2. The van der Waals surface area contributed by atoms with Crippen molar-refractivity contribution in [1.29, 1.82) is 0 Å². The Balaban J connectivity index is 1.96. The van der Waals surface area contributed by atoms with Crippen molar-refractivity contribution in [3.8, 4) is 0 Å². The first-order valence-corrected chi connectivity index (χ1v) is 8.19. The average molecular weight is 341 g/mol. The van der Waals surface area contributed by atoms with E-state index in [4.69, 9.17) is 0 Å². The fraction of sp³-hybridized carbons (Fsp3) is 0.176. The van der Waals surface area contributed by atoms with Crippen LogP contribution in [0.25, 0.3) is 0 Å². The minimum atomic E-state index is -0.555. The second-order valence-corrected chi connectivity index (χ2v) is 6.15. The van der Waals surface area contributed by atoms with Gasteiger partial charge in [0.15, 0.2) is 11.0 Å². The first-order chi connectivity index (χ1) is 11.7. The quantitative estimate of drug-likeness (QED) is 0.800. The molecule has 24 heavy (non-hydrogen) atoms. The van der Waals surface area contributed by atoms with Gasteiger partial charge in [0, 0.05) is 6.20 Å². The highest BCUT2D eigenvalue weighted by Crippen LogP contribution is 2.34. The summed E-state index contributed by atoms with van der Waals surface area (Å²) in [5.41, 5.74) is 0.706. The van der Waals surface area contributed by atoms with E-state index in [9.17, 15) is 9.59 Å². The molecule has 0 unspecified atom stereocenters. The lowest BCUT2D eigenvalue weighted by molar-refractivity contribution is -0.141. The Morgan fingerprint density at radius 2 is 2.00 bits per heavy atom. The van der Waals surface area contributed by atoms with Gasteiger partial charge < -0.3 is 4.74 Å². The summed E-state index contributed by atoms with van der Waals surface area (Å²) in [5, 5.41) is -0.0566. The van der Waals surface area contributed by atoms with Gasteiger partial charge in [0.1, 0.15) is 5.25 Å².